The summed E-state index contributed by atoms with van der Waals surface area (Å²) in [7, 11) is 0. The van der Waals surface area contributed by atoms with Crippen LogP contribution >= 0.6 is 0 Å². The van der Waals surface area contributed by atoms with E-state index in [2.05, 4.69) is 36.0 Å². The topological polar surface area (TPSA) is 34.1 Å². The fourth-order valence-corrected chi connectivity index (χ4v) is 2.77. The number of nitrogens with zero attached hydrogens (tertiary/aromatic N) is 1. The number of hydrogen-bond acceptors (Lipinski definition) is 3. The summed E-state index contributed by atoms with van der Waals surface area (Å²) >= 11 is 0. The van der Waals surface area contributed by atoms with Crippen LogP contribution in [0.25, 0.3) is 0 Å². The van der Waals surface area contributed by atoms with Gasteiger partial charge in [0.2, 0.25) is 0 Å². The van der Waals surface area contributed by atoms with Crippen molar-refractivity contribution < 1.29 is 4.74 Å². The van der Waals surface area contributed by atoms with E-state index in [-0.39, 0.29) is 6.10 Å². The molecule has 0 bridgehead atoms. The summed E-state index contributed by atoms with van der Waals surface area (Å²) < 4.78 is 6.01. The van der Waals surface area contributed by atoms with Gasteiger partial charge in [-0.1, -0.05) is 38.0 Å². The summed E-state index contributed by atoms with van der Waals surface area (Å²) in [5.41, 5.74) is 0.944. The Hall–Kier alpha value is -1.53. The lowest BCUT2D eigenvalue weighted by Crippen LogP contribution is -2.36. The van der Waals surface area contributed by atoms with Crippen LogP contribution in [0, 0.1) is 11.8 Å². The van der Waals surface area contributed by atoms with Crippen LogP contribution in [0.4, 0.5) is 0 Å². The van der Waals surface area contributed by atoms with Crippen molar-refractivity contribution >= 4 is 0 Å². The first-order chi connectivity index (χ1) is 10.8. The second-order valence-electron chi connectivity index (χ2n) is 6.05. The smallest absolute Gasteiger partial charge is 0.139 e. The molecule has 3 heteroatoms. The monoisotopic (exact) mass is 300 g/mol. The second kappa shape index (κ2) is 9.48. The maximum Gasteiger partial charge on any atom is 0.139 e. The third-order valence-corrected chi connectivity index (χ3v) is 4.09. The molecule has 1 aromatic heterocycles. The zero-order valence-corrected chi connectivity index (χ0v) is 13.9. The van der Waals surface area contributed by atoms with Crippen LogP contribution in [0.3, 0.4) is 0 Å². The Bertz CT molecular complexity index is 498. The van der Waals surface area contributed by atoms with E-state index in [4.69, 9.17) is 4.74 Å². The molecule has 2 rings (SSSR count). The van der Waals surface area contributed by atoms with Crippen LogP contribution in [0.1, 0.15) is 64.4 Å². The third kappa shape index (κ3) is 5.69. The van der Waals surface area contributed by atoms with Crippen LogP contribution in [-0.2, 0) is 0 Å². The van der Waals surface area contributed by atoms with Crippen molar-refractivity contribution in [2.24, 2.45) is 0 Å². The van der Waals surface area contributed by atoms with E-state index in [1.165, 1.54) is 38.5 Å². The molecule has 0 radical (unpaired) electrons. The van der Waals surface area contributed by atoms with E-state index in [0.29, 0.717) is 6.04 Å². The van der Waals surface area contributed by atoms with E-state index in [1.807, 2.05) is 12.3 Å². The molecule has 3 nitrogen and oxygen atoms in total. The molecule has 0 spiro atoms. The molecule has 120 valence electrons. The zero-order chi connectivity index (χ0) is 15.6. The minimum Gasteiger partial charge on any atom is -0.487 e. The van der Waals surface area contributed by atoms with Gasteiger partial charge in [-0.2, -0.15) is 0 Å². The highest BCUT2D eigenvalue weighted by Gasteiger charge is 2.22. The van der Waals surface area contributed by atoms with Gasteiger partial charge in [0.05, 0.1) is 6.20 Å². The maximum atomic E-state index is 6.01. The summed E-state index contributed by atoms with van der Waals surface area (Å²) in [6, 6.07) is 2.45. The largest absolute Gasteiger partial charge is 0.487 e. The number of aromatic nitrogens is 1. The summed E-state index contributed by atoms with van der Waals surface area (Å²) in [4.78, 5) is 4.24. The number of unbranched alkanes of at least 4 members (excludes halogenated alkanes) is 4. The van der Waals surface area contributed by atoms with E-state index < -0.39 is 0 Å². The Morgan fingerprint density at radius 3 is 3.05 bits per heavy atom. The molecule has 22 heavy (non-hydrogen) atoms. The molecule has 0 amide bonds. The average Bonchev–Trinajstić information content (AvgIpc) is 3.06. The van der Waals surface area contributed by atoms with Gasteiger partial charge in [-0.05, 0) is 38.8 Å². The normalized spacial score (nSPS) is 18.5. The van der Waals surface area contributed by atoms with Gasteiger partial charge in [-0.25, -0.2) is 0 Å². The second-order valence-corrected chi connectivity index (χ2v) is 6.05. The minimum absolute atomic E-state index is 0.168. The van der Waals surface area contributed by atoms with E-state index in [1.54, 1.807) is 6.20 Å². The van der Waals surface area contributed by atoms with Crippen LogP contribution in [0.2, 0.25) is 0 Å². The fraction of sp³-hybridized carbons (Fsp3) is 0.632. The number of pyridine rings is 1. The minimum atomic E-state index is 0.168. The predicted octanol–water partition coefficient (Wildman–Crippen LogP) is 3.92. The van der Waals surface area contributed by atoms with E-state index in [9.17, 15) is 0 Å². The van der Waals surface area contributed by atoms with Gasteiger partial charge in [0.1, 0.15) is 11.9 Å². The maximum absolute atomic E-state index is 6.01. The van der Waals surface area contributed by atoms with Gasteiger partial charge in [0.25, 0.3) is 0 Å². The molecule has 1 aromatic rings. The van der Waals surface area contributed by atoms with Crippen molar-refractivity contribution in [3.8, 4) is 17.6 Å². The Kier molecular flexibility index (Phi) is 7.25. The number of ether oxygens (including phenoxy) is 1. The summed E-state index contributed by atoms with van der Waals surface area (Å²) in [6.45, 7) is 5.44. The Labute approximate surface area is 134 Å². The lowest BCUT2D eigenvalue weighted by Gasteiger charge is -2.20. The van der Waals surface area contributed by atoms with Gasteiger partial charge >= 0.3 is 0 Å². The van der Waals surface area contributed by atoms with Crippen molar-refractivity contribution in [3.63, 3.8) is 0 Å². The Balaban J connectivity index is 1.82. The number of rotatable bonds is 7. The fourth-order valence-electron chi connectivity index (χ4n) is 2.77. The summed E-state index contributed by atoms with van der Waals surface area (Å²) in [5, 5.41) is 3.48. The van der Waals surface area contributed by atoms with Gasteiger partial charge in [-0.3, -0.25) is 4.98 Å². The molecule has 1 unspecified atom stereocenters. The molecule has 2 heterocycles. The van der Waals surface area contributed by atoms with Gasteiger partial charge in [0.15, 0.2) is 0 Å². The molecule has 0 aliphatic carbocycles. The lowest BCUT2D eigenvalue weighted by atomic mass is 10.1. The molecule has 2 atom stereocenters. The summed E-state index contributed by atoms with van der Waals surface area (Å²) in [5.74, 6) is 7.25. The molecule has 1 saturated heterocycles. The average molecular weight is 300 g/mol. The first kappa shape index (κ1) is 16.8. The standard InChI is InChI=1S/C19H28N2O/c1-3-4-5-6-7-8-10-17-13-18(15-20-14-17)22-16(2)19-11-9-12-21-19/h13-16,19,21H,3-7,9,11-12H2,1-2H3/t16?,19-/m0/s1. The van der Waals surface area contributed by atoms with Crippen molar-refractivity contribution in [1.82, 2.24) is 10.3 Å². The van der Waals surface area contributed by atoms with Crippen LogP contribution in [-0.4, -0.2) is 23.7 Å². The first-order valence-corrected chi connectivity index (χ1v) is 8.63. The van der Waals surface area contributed by atoms with Crippen LogP contribution in [0.5, 0.6) is 5.75 Å². The molecule has 1 N–H and O–H groups in total. The lowest BCUT2D eigenvalue weighted by molar-refractivity contribution is 0.179. The molecule has 0 aromatic carbocycles. The van der Waals surface area contributed by atoms with Crippen LogP contribution < -0.4 is 10.1 Å². The van der Waals surface area contributed by atoms with E-state index in [0.717, 1.165) is 24.3 Å². The number of hydrogen-bond donors (Lipinski definition) is 1. The molecule has 1 aliphatic heterocycles. The van der Waals surface area contributed by atoms with Crippen molar-refractivity contribution in [2.45, 2.75) is 70.9 Å². The molecular weight excluding hydrogens is 272 g/mol. The van der Waals surface area contributed by atoms with Gasteiger partial charge < -0.3 is 10.1 Å². The highest BCUT2D eigenvalue weighted by Crippen LogP contribution is 2.17. The molecule has 0 saturated carbocycles. The molecule has 1 fully saturated rings. The third-order valence-electron chi connectivity index (χ3n) is 4.09. The number of nitrogens with one attached hydrogen (secondary N) is 1. The SMILES string of the molecule is CCCCCCC#Cc1cncc(OC(C)[C@@H]2CCCN2)c1. The zero-order valence-electron chi connectivity index (χ0n) is 13.9. The predicted molar refractivity (Wildman–Crippen MR) is 91.0 cm³/mol. The van der Waals surface area contributed by atoms with Crippen molar-refractivity contribution in [3.05, 3.63) is 24.0 Å². The first-order valence-electron chi connectivity index (χ1n) is 8.63. The quantitative estimate of drug-likeness (QED) is 0.612. The highest BCUT2D eigenvalue weighted by molar-refractivity contribution is 5.36. The van der Waals surface area contributed by atoms with Crippen LogP contribution in [0.15, 0.2) is 18.5 Å². The molecule has 1 aliphatic rings. The highest BCUT2D eigenvalue weighted by atomic mass is 16.5. The Morgan fingerprint density at radius 1 is 1.36 bits per heavy atom. The Morgan fingerprint density at radius 2 is 2.27 bits per heavy atom. The van der Waals surface area contributed by atoms with Crippen molar-refractivity contribution in [2.75, 3.05) is 6.54 Å². The molecular formula is C19H28N2O. The van der Waals surface area contributed by atoms with E-state index >= 15 is 0 Å². The summed E-state index contributed by atoms with van der Waals surface area (Å²) in [6.07, 6.45) is 12.2. The van der Waals surface area contributed by atoms with Gasteiger partial charge in [0, 0.05) is 24.2 Å². The van der Waals surface area contributed by atoms with Crippen molar-refractivity contribution in [1.29, 1.82) is 0 Å². The van der Waals surface area contributed by atoms with Gasteiger partial charge in [-0.15, -0.1) is 0 Å².